The van der Waals surface area contributed by atoms with Crippen LogP contribution in [0.25, 0.3) is 43.9 Å². The zero-order chi connectivity index (χ0) is 23.4. The summed E-state index contributed by atoms with van der Waals surface area (Å²) in [7, 11) is 0. The Morgan fingerprint density at radius 3 is 2.09 bits per heavy atom. The first kappa shape index (κ1) is 20.4. The molecule has 0 saturated carbocycles. The molecule has 1 unspecified atom stereocenters. The molecule has 0 N–H and O–H groups in total. The van der Waals surface area contributed by atoms with Crippen LogP contribution in [0.2, 0.25) is 5.02 Å². The first-order chi connectivity index (χ1) is 17.2. The van der Waals surface area contributed by atoms with E-state index in [0.717, 1.165) is 50.3 Å². The van der Waals surface area contributed by atoms with Gasteiger partial charge in [0.05, 0.1) is 0 Å². The third kappa shape index (κ3) is 3.50. The lowest BCUT2D eigenvalue weighted by Crippen LogP contribution is -2.05. The summed E-state index contributed by atoms with van der Waals surface area (Å²) in [6.07, 6.45) is 0.856. The van der Waals surface area contributed by atoms with E-state index >= 15 is 0 Å². The summed E-state index contributed by atoms with van der Waals surface area (Å²) in [6.45, 7) is 0. The monoisotopic (exact) mass is 472 g/mol. The minimum Gasteiger partial charge on any atom is -0.456 e. The van der Waals surface area contributed by atoms with Crippen molar-refractivity contribution in [2.75, 3.05) is 0 Å². The predicted molar refractivity (Wildman–Crippen MR) is 144 cm³/mol. The Labute approximate surface area is 207 Å². The van der Waals surface area contributed by atoms with Crippen molar-refractivity contribution in [2.24, 2.45) is 0 Å². The molecule has 3 heteroatoms. The molecule has 2 aromatic heterocycles. The number of hydrogen-bond acceptors (Lipinski definition) is 2. The molecule has 0 saturated heterocycles. The zero-order valence-corrected chi connectivity index (χ0v) is 19.6. The Hall–Kier alpha value is -4.01. The van der Waals surface area contributed by atoms with E-state index in [4.69, 9.17) is 20.4 Å². The topological polar surface area (TPSA) is 26.3 Å². The standard InChI is InChI=1S/C32H21ClO2/c33-23-12-15-30-28(19-23)26-14-11-22(18-32(26)35-30)27(21-6-2-1-3-7-21)16-20-10-13-25-24-8-4-5-9-29(24)34-31(25)17-20/h1-15,17-19,27H,16H2. The SMILES string of the molecule is Clc1ccc2oc3cc(C(Cc4ccc5c(c4)oc4ccccc45)c4ccccc4)ccc3c2c1. The fourth-order valence-electron chi connectivity index (χ4n) is 5.23. The number of para-hydroxylation sites is 1. The fraction of sp³-hybridized carbons (Fsp3) is 0.0625. The van der Waals surface area contributed by atoms with Gasteiger partial charge in [0.15, 0.2) is 0 Å². The van der Waals surface area contributed by atoms with Gasteiger partial charge in [0.2, 0.25) is 0 Å². The number of benzene rings is 5. The van der Waals surface area contributed by atoms with Crippen molar-refractivity contribution in [1.82, 2.24) is 0 Å². The van der Waals surface area contributed by atoms with Gasteiger partial charge in [-0.3, -0.25) is 0 Å². The highest BCUT2D eigenvalue weighted by molar-refractivity contribution is 6.31. The molecule has 0 aliphatic rings. The second-order valence-electron chi connectivity index (χ2n) is 9.09. The molecule has 2 nitrogen and oxygen atoms in total. The van der Waals surface area contributed by atoms with E-state index in [9.17, 15) is 0 Å². The van der Waals surface area contributed by atoms with Crippen molar-refractivity contribution < 1.29 is 8.83 Å². The Kier molecular flexibility index (Phi) is 4.68. The highest BCUT2D eigenvalue weighted by atomic mass is 35.5. The first-order valence-electron chi connectivity index (χ1n) is 11.8. The van der Waals surface area contributed by atoms with Crippen molar-refractivity contribution in [3.05, 3.63) is 131 Å². The van der Waals surface area contributed by atoms with Gasteiger partial charge in [-0.25, -0.2) is 0 Å². The summed E-state index contributed by atoms with van der Waals surface area (Å²) in [5.74, 6) is 0.180. The number of fused-ring (bicyclic) bond motifs is 6. The molecular weight excluding hydrogens is 452 g/mol. The van der Waals surface area contributed by atoms with E-state index in [0.29, 0.717) is 5.02 Å². The molecule has 0 aliphatic heterocycles. The van der Waals surface area contributed by atoms with Crippen molar-refractivity contribution in [3.8, 4) is 0 Å². The van der Waals surface area contributed by atoms with Crippen molar-refractivity contribution in [1.29, 1.82) is 0 Å². The maximum absolute atomic E-state index is 6.25. The smallest absolute Gasteiger partial charge is 0.135 e. The molecule has 5 aromatic carbocycles. The van der Waals surface area contributed by atoms with Gasteiger partial charge in [-0.2, -0.15) is 0 Å². The molecule has 0 spiro atoms. The average Bonchev–Trinajstić information content (AvgIpc) is 3.44. The van der Waals surface area contributed by atoms with Gasteiger partial charge in [0, 0.05) is 32.5 Å². The minimum absolute atomic E-state index is 0.180. The third-order valence-corrected chi connectivity index (χ3v) is 7.18. The van der Waals surface area contributed by atoms with Crippen LogP contribution in [0.3, 0.4) is 0 Å². The van der Waals surface area contributed by atoms with Gasteiger partial charge in [0.25, 0.3) is 0 Å². The minimum atomic E-state index is 0.180. The van der Waals surface area contributed by atoms with E-state index in [1.54, 1.807) is 0 Å². The van der Waals surface area contributed by atoms with Crippen molar-refractivity contribution in [3.63, 3.8) is 0 Å². The third-order valence-electron chi connectivity index (χ3n) is 6.94. The molecule has 0 aliphatic carbocycles. The van der Waals surface area contributed by atoms with Crippen LogP contribution in [-0.2, 0) is 6.42 Å². The molecule has 2 heterocycles. The Morgan fingerprint density at radius 1 is 0.514 bits per heavy atom. The number of halogens is 1. The number of rotatable bonds is 4. The first-order valence-corrected chi connectivity index (χ1v) is 12.2. The predicted octanol–water partition coefficient (Wildman–Crippen LogP) is 9.51. The fourth-order valence-corrected chi connectivity index (χ4v) is 5.40. The normalized spacial score (nSPS) is 12.7. The van der Waals surface area contributed by atoms with Gasteiger partial charge in [-0.15, -0.1) is 0 Å². The molecule has 0 amide bonds. The number of furan rings is 2. The zero-order valence-electron chi connectivity index (χ0n) is 18.9. The van der Waals surface area contributed by atoms with E-state index < -0.39 is 0 Å². The summed E-state index contributed by atoms with van der Waals surface area (Å²) in [5, 5.41) is 5.16. The van der Waals surface area contributed by atoms with Crippen LogP contribution in [0, 0.1) is 0 Å². The Morgan fingerprint density at radius 2 is 1.20 bits per heavy atom. The van der Waals surface area contributed by atoms with Gasteiger partial charge >= 0.3 is 0 Å². The molecule has 1 atom stereocenters. The van der Waals surface area contributed by atoms with Gasteiger partial charge in [0.1, 0.15) is 22.3 Å². The van der Waals surface area contributed by atoms with Gasteiger partial charge in [-0.1, -0.05) is 84.4 Å². The molecule has 168 valence electrons. The van der Waals surface area contributed by atoms with E-state index in [2.05, 4.69) is 78.9 Å². The van der Waals surface area contributed by atoms with E-state index in [-0.39, 0.29) is 5.92 Å². The van der Waals surface area contributed by atoms with Crippen LogP contribution in [0.1, 0.15) is 22.6 Å². The number of hydrogen-bond donors (Lipinski definition) is 0. The highest BCUT2D eigenvalue weighted by Gasteiger charge is 2.18. The summed E-state index contributed by atoms with van der Waals surface area (Å²) in [5.41, 5.74) is 7.33. The van der Waals surface area contributed by atoms with Crippen LogP contribution in [0.15, 0.2) is 118 Å². The molecule has 7 aromatic rings. The summed E-state index contributed by atoms with van der Waals surface area (Å²) in [4.78, 5) is 0. The molecular formula is C32H21ClO2. The second kappa shape index (κ2) is 8.04. The summed E-state index contributed by atoms with van der Waals surface area (Å²) < 4.78 is 12.4. The van der Waals surface area contributed by atoms with Crippen LogP contribution >= 0.6 is 11.6 Å². The molecule has 35 heavy (non-hydrogen) atoms. The summed E-state index contributed by atoms with van der Waals surface area (Å²) in [6, 6.07) is 37.8. The molecule has 0 radical (unpaired) electrons. The lowest BCUT2D eigenvalue weighted by atomic mass is 9.85. The lowest BCUT2D eigenvalue weighted by molar-refractivity contribution is 0.665. The van der Waals surface area contributed by atoms with E-state index in [1.165, 1.54) is 16.7 Å². The van der Waals surface area contributed by atoms with Gasteiger partial charge < -0.3 is 8.83 Å². The molecule has 0 bridgehead atoms. The van der Waals surface area contributed by atoms with Crippen molar-refractivity contribution >= 4 is 55.5 Å². The Bertz CT molecular complexity index is 1840. The maximum Gasteiger partial charge on any atom is 0.135 e. The quantitative estimate of drug-likeness (QED) is 0.255. The molecule has 0 fully saturated rings. The lowest BCUT2D eigenvalue weighted by Gasteiger charge is -2.18. The van der Waals surface area contributed by atoms with Crippen LogP contribution in [-0.4, -0.2) is 0 Å². The van der Waals surface area contributed by atoms with E-state index in [1.807, 2.05) is 30.3 Å². The maximum atomic E-state index is 6.25. The molecule has 7 rings (SSSR count). The van der Waals surface area contributed by atoms with Crippen LogP contribution in [0.4, 0.5) is 0 Å². The van der Waals surface area contributed by atoms with Crippen LogP contribution < -0.4 is 0 Å². The highest BCUT2D eigenvalue weighted by Crippen LogP contribution is 2.36. The largest absolute Gasteiger partial charge is 0.456 e. The second-order valence-corrected chi connectivity index (χ2v) is 9.53. The van der Waals surface area contributed by atoms with Crippen molar-refractivity contribution in [2.45, 2.75) is 12.3 Å². The van der Waals surface area contributed by atoms with Crippen LogP contribution in [0.5, 0.6) is 0 Å². The summed E-state index contributed by atoms with van der Waals surface area (Å²) >= 11 is 6.25. The van der Waals surface area contributed by atoms with Gasteiger partial charge in [-0.05, 0) is 59.5 Å². The average molecular weight is 473 g/mol. The Balaban J connectivity index is 1.34.